The summed E-state index contributed by atoms with van der Waals surface area (Å²) in [6.07, 6.45) is 0. The fraction of sp³-hybridized carbons (Fsp3) is 0.462. The Labute approximate surface area is 125 Å². The predicted octanol–water partition coefficient (Wildman–Crippen LogP) is 3.24. The summed E-state index contributed by atoms with van der Waals surface area (Å²) in [4.78, 5) is 3.55. The van der Waals surface area contributed by atoms with E-state index in [4.69, 9.17) is 4.52 Å². The molecule has 2 rings (SSSR count). The Morgan fingerprint density at radius 1 is 1.42 bits per heavy atom. The molecule has 0 fully saturated rings. The highest BCUT2D eigenvalue weighted by Gasteiger charge is 2.08. The van der Waals surface area contributed by atoms with Crippen LogP contribution < -0.4 is 5.32 Å². The second-order valence-electron chi connectivity index (χ2n) is 4.47. The van der Waals surface area contributed by atoms with Gasteiger partial charge in [-0.3, -0.25) is 4.90 Å². The van der Waals surface area contributed by atoms with Crippen LogP contribution in [0.15, 0.2) is 26.5 Å². The Hall–Kier alpha value is -0.690. The minimum atomic E-state index is 0.765. The van der Waals surface area contributed by atoms with E-state index in [1.165, 1.54) is 4.88 Å². The van der Waals surface area contributed by atoms with Gasteiger partial charge in [-0.25, -0.2) is 0 Å². The second kappa shape index (κ2) is 7.19. The predicted molar refractivity (Wildman–Crippen MR) is 81.1 cm³/mol. The fourth-order valence-electron chi connectivity index (χ4n) is 1.79. The highest BCUT2D eigenvalue weighted by molar-refractivity contribution is 9.10. The zero-order valence-corrected chi connectivity index (χ0v) is 13.6. The van der Waals surface area contributed by atoms with Crippen LogP contribution in [0.4, 0.5) is 0 Å². The van der Waals surface area contributed by atoms with Gasteiger partial charge in [0.15, 0.2) is 5.76 Å². The molecule has 0 bridgehead atoms. The highest BCUT2D eigenvalue weighted by atomic mass is 79.9. The average Bonchev–Trinajstić information content (AvgIpc) is 2.96. The maximum Gasteiger partial charge on any atom is 0.151 e. The standard InChI is InChI=1S/C13H18BrN3OS/c1-3-15-6-11-5-12(18-16-11)7-17(2)8-13-4-10(14)9-19-13/h4-5,9,15H,3,6-8H2,1-2H3. The fourth-order valence-corrected chi connectivity index (χ4v) is 3.32. The van der Waals surface area contributed by atoms with E-state index in [9.17, 15) is 0 Å². The Bertz CT molecular complexity index is 511. The van der Waals surface area contributed by atoms with Crippen molar-refractivity contribution in [3.05, 3.63) is 38.3 Å². The molecule has 0 saturated heterocycles. The number of nitrogens with one attached hydrogen (secondary N) is 1. The Morgan fingerprint density at radius 3 is 2.95 bits per heavy atom. The Morgan fingerprint density at radius 2 is 2.26 bits per heavy atom. The smallest absolute Gasteiger partial charge is 0.151 e. The van der Waals surface area contributed by atoms with E-state index < -0.39 is 0 Å². The first-order valence-corrected chi connectivity index (χ1v) is 7.91. The largest absolute Gasteiger partial charge is 0.360 e. The maximum absolute atomic E-state index is 5.34. The molecule has 4 nitrogen and oxygen atoms in total. The molecule has 19 heavy (non-hydrogen) atoms. The van der Waals surface area contributed by atoms with Crippen LogP contribution in [-0.2, 0) is 19.6 Å². The van der Waals surface area contributed by atoms with Gasteiger partial charge in [-0.1, -0.05) is 12.1 Å². The molecule has 0 aliphatic carbocycles. The third kappa shape index (κ3) is 4.72. The van der Waals surface area contributed by atoms with Gasteiger partial charge in [0.1, 0.15) is 0 Å². The lowest BCUT2D eigenvalue weighted by Gasteiger charge is -2.12. The van der Waals surface area contributed by atoms with E-state index >= 15 is 0 Å². The van der Waals surface area contributed by atoms with Crippen molar-refractivity contribution in [1.29, 1.82) is 0 Å². The zero-order chi connectivity index (χ0) is 13.7. The number of halogens is 1. The number of rotatable bonds is 7. The molecule has 6 heteroatoms. The molecule has 2 aromatic heterocycles. The minimum Gasteiger partial charge on any atom is -0.360 e. The molecule has 104 valence electrons. The quantitative estimate of drug-likeness (QED) is 0.837. The van der Waals surface area contributed by atoms with Crippen molar-refractivity contribution in [2.75, 3.05) is 13.6 Å². The third-order valence-electron chi connectivity index (χ3n) is 2.64. The van der Waals surface area contributed by atoms with Crippen LogP contribution in [0.3, 0.4) is 0 Å². The molecule has 0 radical (unpaired) electrons. The summed E-state index contributed by atoms with van der Waals surface area (Å²) in [5, 5.41) is 9.39. The summed E-state index contributed by atoms with van der Waals surface area (Å²) >= 11 is 5.23. The maximum atomic E-state index is 5.34. The van der Waals surface area contributed by atoms with Crippen molar-refractivity contribution in [2.45, 2.75) is 26.6 Å². The highest BCUT2D eigenvalue weighted by Crippen LogP contribution is 2.21. The summed E-state index contributed by atoms with van der Waals surface area (Å²) in [6, 6.07) is 4.17. The second-order valence-corrected chi connectivity index (χ2v) is 6.38. The van der Waals surface area contributed by atoms with Gasteiger partial charge in [0.05, 0.1) is 12.2 Å². The summed E-state index contributed by atoms with van der Waals surface area (Å²) in [7, 11) is 2.08. The molecule has 2 heterocycles. The van der Waals surface area contributed by atoms with Gasteiger partial charge in [0.25, 0.3) is 0 Å². The summed E-state index contributed by atoms with van der Waals surface area (Å²) in [6.45, 7) is 5.47. The molecule has 0 spiro atoms. The van der Waals surface area contributed by atoms with Gasteiger partial charge in [-0.15, -0.1) is 11.3 Å². The summed E-state index contributed by atoms with van der Waals surface area (Å²) in [5.41, 5.74) is 0.962. The van der Waals surface area contributed by atoms with Crippen molar-refractivity contribution in [2.24, 2.45) is 0 Å². The van der Waals surface area contributed by atoms with E-state index in [1.807, 2.05) is 6.07 Å². The van der Waals surface area contributed by atoms with Gasteiger partial charge < -0.3 is 9.84 Å². The molecule has 0 atom stereocenters. The topological polar surface area (TPSA) is 41.3 Å². The molecule has 0 amide bonds. The molecule has 0 saturated carbocycles. The van der Waals surface area contributed by atoms with Crippen molar-refractivity contribution < 1.29 is 4.52 Å². The van der Waals surface area contributed by atoms with E-state index in [-0.39, 0.29) is 0 Å². The van der Waals surface area contributed by atoms with Gasteiger partial charge in [0, 0.05) is 33.9 Å². The van der Waals surface area contributed by atoms with E-state index in [0.717, 1.165) is 42.1 Å². The van der Waals surface area contributed by atoms with Crippen molar-refractivity contribution in [3.63, 3.8) is 0 Å². The van der Waals surface area contributed by atoms with Gasteiger partial charge in [-0.05, 0) is 35.6 Å². The number of hydrogen-bond acceptors (Lipinski definition) is 5. The molecular weight excluding hydrogens is 326 g/mol. The van der Waals surface area contributed by atoms with E-state index in [1.54, 1.807) is 11.3 Å². The van der Waals surface area contributed by atoms with Crippen LogP contribution in [0.1, 0.15) is 23.3 Å². The number of thiophene rings is 1. The number of nitrogens with zero attached hydrogens (tertiary/aromatic N) is 2. The lowest BCUT2D eigenvalue weighted by atomic mass is 10.3. The van der Waals surface area contributed by atoms with Gasteiger partial charge in [0.2, 0.25) is 0 Å². The molecular formula is C13H18BrN3OS. The monoisotopic (exact) mass is 343 g/mol. The van der Waals surface area contributed by atoms with Crippen LogP contribution in [0.2, 0.25) is 0 Å². The van der Waals surface area contributed by atoms with Crippen LogP contribution in [0.5, 0.6) is 0 Å². The molecule has 1 N–H and O–H groups in total. The lowest BCUT2D eigenvalue weighted by Crippen LogP contribution is -2.16. The first kappa shape index (κ1) is 14.7. The first-order valence-electron chi connectivity index (χ1n) is 6.24. The average molecular weight is 344 g/mol. The molecule has 0 unspecified atom stereocenters. The molecule has 0 aromatic carbocycles. The first-order chi connectivity index (χ1) is 9.17. The zero-order valence-electron chi connectivity index (χ0n) is 11.1. The van der Waals surface area contributed by atoms with Crippen molar-refractivity contribution in [1.82, 2.24) is 15.4 Å². The third-order valence-corrected chi connectivity index (χ3v) is 4.32. The normalized spacial score (nSPS) is 11.4. The van der Waals surface area contributed by atoms with Crippen LogP contribution in [-0.4, -0.2) is 23.6 Å². The van der Waals surface area contributed by atoms with Crippen LogP contribution in [0.25, 0.3) is 0 Å². The van der Waals surface area contributed by atoms with E-state index in [0.29, 0.717) is 0 Å². The van der Waals surface area contributed by atoms with Crippen LogP contribution in [0, 0.1) is 0 Å². The number of hydrogen-bond donors (Lipinski definition) is 1. The Kier molecular flexibility index (Phi) is 5.57. The minimum absolute atomic E-state index is 0.765. The Balaban J connectivity index is 1.84. The van der Waals surface area contributed by atoms with Crippen molar-refractivity contribution >= 4 is 27.3 Å². The number of aromatic nitrogens is 1. The molecule has 0 aliphatic rings. The molecule has 2 aromatic rings. The summed E-state index contributed by atoms with van der Waals surface area (Å²) in [5.74, 6) is 0.908. The van der Waals surface area contributed by atoms with Gasteiger partial charge >= 0.3 is 0 Å². The van der Waals surface area contributed by atoms with Crippen LogP contribution >= 0.6 is 27.3 Å². The SMILES string of the molecule is CCNCc1cc(CN(C)Cc2cc(Br)cs2)on1. The lowest BCUT2D eigenvalue weighted by molar-refractivity contribution is 0.267. The van der Waals surface area contributed by atoms with Gasteiger partial charge in [-0.2, -0.15) is 0 Å². The van der Waals surface area contributed by atoms with Crippen molar-refractivity contribution in [3.8, 4) is 0 Å². The molecule has 0 aliphatic heterocycles. The summed E-state index contributed by atoms with van der Waals surface area (Å²) < 4.78 is 6.48. The van der Waals surface area contributed by atoms with E-state index in [2.05, 4.69) is 56.7 Å².